The van der Waals surface area contributed by atoms with E-state index in [1.54, 1.807) is 6.92 Å². The van der Waals surface area contributed by atoms with Crippen molar-refractivity contribution in [2.45, 2.75) is 45.7 Å². The van der Waals surface area contributed by atoms with Crippen molar-refractivity contribution in [3.63, 3.8) is 0 Å². The third-order valence-electron chi connectivity index (χ3n) is 3.61. The van der Waals surface area contributed by atoms with E-state index in [2.05, 4.69) is 15.4 Å². The summed E-state index contributed by atoms with van der Waals surface area (Å²) in [6, 6.07) is -4.09. The molecule has 0 saturated carbocycles. The number of ether oxygens (including phenoxy) is 1. The molecular weight excluding hydrogens is 380 g/mol. The van der Waals surface area contributed by atoms with Crippen LogP contribution in [-0.4, -0.2) is 65.2 Å². The maximum Gasteiger partial charge on any atom is 0.392 e. The van der Waals surface area contributed by atoms with Gasteiger partial charge in [0.25, 0.3) is 0 Å². The fourth-order valence-corrected chi connectivity index (χ4v) is 2.17. The number of carbonyl (C=O) groups is 4. The van der Waals surface area contributed by atoms with E-state index in [1.165, 1.54) is 6.92 Å². The van der Waals surface area contributed by atoms with Crippen molar-refractivity contribution in [2.75, 3.05) is 19.7 Å². The molecule has 2 amide bonds. The Bertz CT molecular complexity index is 609. The molecule has 0 aliphatic rings. The highest BCUT2D eigenvalue weighted by Gasteiger charge is 2.39. The molecule has 2 N–H and O–H groups in total. The minimum absolute atomic E-state index is 0.0431. The quantitative estimate of drug-likeness (QED) is 0.128. The van der Waals surface area contributed by atoms with Crippen molar-refractivity contribution in [2.24, 2.45) is 5.92 Å². The topological polar surface area (TPSA) is 188 Å². The molecule has 0 aromatic heterocycles. The lowest BCUT2D eigenvalue weighted by atomic mass is 10.1. The number of nitrogens with one attached hydrogen (secondary N) is 2. The smallest absolute Gasteiger partial charge is 0.392 e. The number of carbonyl (C=O) groups excluding carboxylic acids is 4. The normalized spacial score (nSPS) is 13.5. The van der Waals surface area contributed by atoms with E-state index < -0.39 is 45.5 Å². The highest BCUT2D eigenvalue weighted by molar-refractivity contribution is 6.02. The lowest BCUT2D eigenvalue weighted by Gasteiger charge is -2.14. The van der Waals surface area contributed by atoms with Crippen molar-refractivity contribution < 1.29 is 33.8 Å². The average molecular weight is 404 g/mol. The van der Waals surface area contributed by atoms with Gasteiger partial charge in [0.2, 0.25) is 5.78 Å². The Morgan fingerprint density at radius 3 is 2.00 bits per heavy atom. The molecule has 0 fully saturated rings. The molecule has 0 saturated heterocycles. The second kappa shape index (κ2) is 12.3. The summed E-state index contributed by atoms with van der Waals surface area (Å²) in [5.41, 5.74) is 0. The van der Waals surface area contributed by atoms with Crippen molar-refractivity contribution in [1.82, 2.24) is 10.6 Å². The Labute approximate surface area is 160 Å². The molecule has 0 rings (SSSR count). The molecule has 3 atom stereocenters. The lowest BCUT2D eigenvalue weighted by molar-refractivity contribution is -0.496. The summed E-state index contributed by atoms with van der Waals surface area (Å²) < 4.78 is 4.49. The van der Waals surface area contributed by atoms with Crippen LogP contribution >= 0.6 is 0 Å². The second-order valence-corrected chi connectivity index (χ2v) is 6.02. The number of nitrogens with zero attached hydrogens (tertiary/aromatic N) is 2. The predicted molar refractivity (Wildman–Crippen MR) is 93.3 cm³/mol. The molecule has 0 aromatic rings. The average Bonchev–Trinajstić information content (AvgIpc) is 2.56. The van der Waals surface area contributed by atoms with Crippen molar-refractivity contribution in [1.29, 1.82) is 0 Å². The first-order chi connectivity index (χ1) is 13.0. The van der Waals surface area contributed by atoms with Crippen LogP contribution in [0.4, 0.5) is 0 Å². The SMILES string of the molecule is CCOC(=O)C(C(=O)NCC(C)CCCNC(=O)C(C(C)=O)[N+](=O)[O-])[N+](=O)[O-]. The van der Waals surface area contributed by atoms with Crippen LogP contribution in [0.15, 0.2) is 0 Å². The second-order valence-electron chi connectivity index (χ2n) is 6.02. The van der Waals surface area contributed by atoms with Gasteiger partial charge in [-0.2, -0.15) is 0 Å². The minimum Gasteiger partial charge on any atom is -0.460 e. The maximum absolute atomic E-state index is 11.8. The fourth-order valence-electron chi connectivity index (χ4n) is 2.17. The Hall–Kier alpha value is -3.12. The van der Waals surface area contributed by atoms with Crippen LogP contribution in [0, 0.1) is 26.1 Å². The van der Waals surface area contributed by atoms with E-state index in [0.717, 1.165) is 6.92 Å². The van der Waals surface area contributed by atoms with E-state index in [9.17, 15) is 39.4 Å². The summed E-state index contributed by atoms with van der Waals surface area (Å²) in [6.45, 7) is 4.16. The summed E-state index contributed by atoms with van der Waals surface area (Å²) in [6.07, 6.45) is 0.855. The van der Waals surface area contributed by atoms with E-state index in [1.807, 2.05) is 0 Å². The lowest BCUT2D eigenvalue weighted by Crippen LogP contribution is -2.47. The van der Waals surface area contributed by atoms with E-state index in [0.29, 0.717) is 12.8 Å². The standard InChI is InChI=1S/C15H24N4O9/c1-4-28-15(23)12(19(26)27)14(22)17-8-9(2)6-5-7-16-13(21)11(10(3)20)18(24)25/h9,11-12H,4-8H2,1-3H3,(H,16,21)(H,17,22). The third kappa shape index (κ3) is 8.51. The minimum atomic E-state index is -2.14. The van der Waals surface area contributed by atoms with Crippen LogP contribution in [0.5, 0.6) is 0 Å². The van der Waals surface area contributed by atoms with Crippen molar-refractivity contribution in [3.8, 4) is 0 Å². The predicted octanol–water partition coefficient (Wildman–Crippen LogP) is -0.922. The number of amides is 2. The monoisotopic (exact) mass is 404 g/mol. The van der Waals surface area contributed by atoms with Gasteiger partial charge >= 0.3 is 29.9 Å². The highest BCUT2D eigenvalue weighted by Crippen LogP contribution is 2.04. The van der Waals surface area contributed by atoms with Gasteiger partial charge in [-0.1, -0.05) is 6.92 Å². The van der Waals surface area contributed by atoms with Gasteiger partial charge < -0.3 is 15.4 Å². The summed E-state index contributed by atoms with van der Waals surface area (Å²) in [4.78, 5) is 65.5. The maximum atomic E-state index is 11.8. The van der Waals surface area contributed by atoms with Gasteiger partial charge in [0.05, 0.1) is 6.61 Å². The molecule has 13 heteroatoms. The Kier molecular flexibility index (Phi) is 10.9. The molecule has 0 spiro atoms. The number of nitro groups is 2. The van der Waals surface area contributed by atoms with Gasteiger partial charge in [0, 0.05) is 29.9 Å². The Balaban J connectivity index is 4.33. The van der Waals surface area contributed by atoms with Crippen LogP contribution in [0.25, 0.3) is 0 Å². The summed E-state index contributed by atoms with van der Waals surface area (Å²) in [5.74, 6) is -4.36. The molecule has 0 aliphatic carbocycles. The Morgan fingerprint density at radius 1 is 1.00 bits per heavy atom. The first-order valence-electron chi connectivity index (χ1n) is 8.52. The van der Waals surface area contributed by atoms with Crippen molar-refractivity contribution >= 4 is 23.6 Å². The van der Waals surface area contributed by atoms with Gasteiger partial charge in [-0.05, 0) is 25.7 Å². The Morgan fingerprint density at radius 2 is 1.54 bits per heavy atom. The molecular formula is C15H24N4O9. The van der Waals surface area contributed by atoms with Crippen LogP contribution in [0.3, 0.4) is 0 Å². The highest BCUT2D eigenvalue weighted by atomic mass is 16.6. The van der Waals surface area contributed by atoms with Gasteiger partial charge in [0.15, 0.2) is 0 Å². The summed E-state index contributed by atoms with van der Waals surface area (Å²) in [5, 5.41) is 26.1. The van der Waals surface area contributed by atoms with Crippen molar-refractivity contribution in [3.05, 3.63) is 20.2 Å². The largest absolute Gasteiger partial charge is 0.460 e. The van der Waals surface area contributed by atoms with Crippen LogP contribution in [0.1, 0.15) is 33.6 Å². The number of hydrogen-bond acceptors (Lipinski definition) is 9. The summed E-state index contributed by atoms with van der Waals surface area (Å²) in [7, 11) is 0. The number of Topliss-reactive ketones (excluding diaryl/α,β-unsaturated/α-hetero) is 1. The molecule has 0 bridgehead atoms. The fraction of sp³-hybridized carbons (Fsp3) is 0.733. The number of esters is 1. The third-order valence-corrected chi connectivity index (χ3v) is 3.61. The van der Waals surface area contributed by atoms with Crippen LogP contribution < -0.4 is 10.6 Å². The molecule has 0 radical (unpaired) electrons. The zero-order chi connectivity index (χ0) is 21.9. The molecule has 13 nitrogen and oxygen atoms in total. The number of ketones is 1. The van der Waals surface area contributed by atoms with Gasteiger partial charge in [-0.25, -0.2) is 4.79 Å². The summed E-state index contributed by atoms with van der Waals surface area (Å²) >= 11 is 0. The zero-order valence-electron chi connectivity index (χ0n) is 15.8. The van der Waals surface area contributed by atoms with Gasteiger partial charge in [-0.3, -0.25) is 34.6 Å². The van der Waals surface area contributed by atoms with Gasteiger partial charge in [-0.15, -0.1) is 0 Å². The molecule has 0 heterocycles. The molecule has 0 aliphatic heterocycles. The number of rotatable bonds is 13. The molecule has 0 aromatic carbocycles. The first kappa shape index (κ1) is 24.9. The van der Waals surface area contributed by atoms with Gasteiger partial charge in [0.1, 0.15) is 0 Å². The van der Waals surface area contributed by atoms with Crippen LogP contribution in [-0.2, 0) is 23.9 Å². The first-order valence-corrected chi connectivity index (χ1v) is 8.52. The van der Waals surface area contributed by atoms with Crippen LogP contribution in [0.2, 0.25) is 0 Å². The zero-order valence-corrected chi connectivity index (χ0v) is 15.8. The molecule has 158 valence electrons. The van der Waals surface area contributed by atoms with E-state index in [4.69, 9.17) is 0 Å². The van der Waals surface area contributed by atoms with E-state index in [-0.39, 0.29) is 25.6 Å². The number of hydrogen-bond donors (Lipinski definition) is 2. The molecule has 28 heavy (non-hydrogen) atoms. The van der Waals surface area contributed by atoms with E-state index >= 15 is 0 Å². The molecule has 3 unspecified atom stereocenters.